The summed E-state index contributed by atoms with van der Waals surface area (Å²) in [6.07, 6.45) is 8.89. The van der Waals surface area contributed by atoms with Gasteiger partial charge in [-0.1, -0.05) is 37.1 Å². The third-order valence-corrected chi connectivity index (χ3v) is 4.30. The van der Waals surface area contributed by atoms with Gasteiger partial charge in [-0.05, 0) is 18.9 Å². The third kappa shape index (κ3) is 4.81. The summed E-state index contributed by atoms with van der Waals surface area (Å²) in [5.74, 6) is 1.31. The van der Waals surface area contributed by atoms with Crippen LogP contribution >= 0.6 is 0 Å². The molecule has 0 bridgehead atoms. The number of aromatic nitrogens is 3. The molecule has 1 amide bonds. The molecule has 1 aromatic carbocycles. The third-order valence-electron chi connectivity index (χ3n) is 4.30. The van der Waals surface area contributed by atoms with Crippen LogP contribution in [0.1, 0.15) is 38.0 Å². The van der Waals surface area contributed by atoms with E-state index >= 15 is 0 Å². The molecule has 136 valence electrons. The topological polar surface area (TPSA) is 86.9 Å². The second-order valence-electron chi connectivity index (χ2n) is 6.45. The number of oxazole rings is 1. The highest BCUT2D eigenvalue weighted by Gasteiger charge is 2.08. The fourth-order valence-electron chi connectivity index (χ4n) is 2.86. The lowest BCUT2D eigenvalue weighted by Gasteiger charge is -2.00. The minimum absolute atomic E-state index is 0.226. The van der Waals surface area contributed by atoms with Crippen molar-refractivity contribution in [3.8, 4) is 22.6 Å². The van der Waals surface area contributed by atoms with Crippen LogP contribution in [0.5, 0.6) is 0 Å². The molecule has 6 nitrogen and oxygen atoms in total. The molecule has 3 aromatic rings. The summed E-state index contributed by atoms with van der Waals surface area (Å²) in [4.78, 5) is 15.1. The Hall–Kier alpha value is -2.89. The molecule has 0 fully saturated rings. The Labute approximate surface area is 153 Å². The Bertz CT molecular complexity index is 849. The molecule has 3 rings (SSSR count). The van der Waals surface area contributed by atoms with Crippen molar-refractivity contribution in [2.24, 2.45) is 12.8 Å². The van der Waals surface area contributed by atoms with E-state index in [1.165, 1.54) is 0 Å². The minimum atomic E-state index is -0.226. The molecule has 2 N–H and O–H groups in total. The Kier molecular flexibility index (Phi) is 5.84. The fourth-order valence-corrected chi connectivity index (χ4v) is 2.86. The molecular formula is C20H24N4O2. The number of carbonyl (C=O) groups is 1. The van der Waals surface area contributed by atoms with Gasteiger partial charge in [-0.2, -0.15) is 5.10 Å². The van der Waals surface area contributed by atoms with E-state index in [1.807, 2.05) is 43.6 Å². The van der Waals surface area contributed by atoms with Crippen molar-refractivity contribution in [3.05, 3.63) is 48.6 Å². The summed E-state index contributed by atoms with van der Waals surface area (Å²) in [5.41, 5.74) is 8.16. The predicted molar refractivity (Wildman–Crippen MR) is 100 cm³/mol. The molecule has 26 heavy (non-hydrogen) atoms. The number of nitrogens with two attached hydrogens (primary N) is 1. The molecule has 2 heterocycles. The number of hydrogen-bond donors (Lipinski definition) is 1. The molecule has 0 aliphatic heterocycles. The molecule has 0 spiro atoms. The van der Waals surface area contributed by atoms with Gasteiger partial charge in [0.2, 0.25) is 5.91 Å². The lowest BCUT2D eigenvalue weighted by Crippen LogP contribution is -2.09. The number of carbonyl (C=O) groups excluding carboxylic acids is 1. The molecule has 6 heteroatoms. The van der Waals surface area contributed by atoms with Crippen molar-refractivity contribution >= 4 is 5.91 Å². The van der Waals surface area contributed by atoms with E-state index in [1.54, 1.807) is 10.9 Å². The van der Waals surface area contributed by atoms with Crippen molar-refractivity contribution in [2.45, 2.75) is 38.5 Å². The maximum Gasteiger partial charge on any atom is 0.217 e. The molecule has 0 saturated heterocycles. The van der Waals surface area contributed by atoms with Crippen LogP contribution in [-0.4, -0.2) is 20.7 Å². The first-order valence-electron chi connectivity index (χ1n) is 8.95. The first-order valence-corrected chi connectivity index (χ1v) is 8.95. The predicted octanol–water partition coefficient (Wildman–Crippen LogP) is 3.72. The number of amides is 1. The van der Waals surface area contributed by atoms with E-state index in [2.05, 4.69) is 10.1 Å². The molecule has 0 atom stereocenters. The maximum absolute atomic E-state index is 10.7. The van der Waals surface area contributed by atoms with Crippen LogP contribution in [0.15, 0.2) is 47.1 Å². The first-order chi connectivity index (χ1) is 12.6. The number of primary amides is 1. The lowest BCUT2D eigenvalue weighted by molar-refractivity contribution is -0.118. The first kappa shape index (κ1) is 17.9. The minimum Gasteiger partial charge on any atom is -0.441 e. The van der Waals surface area contributed by atoms with Gasteiger partial charge in [0, 0.05) is 37.2 Å². The largest absolute Gasteiger partial charge is 0.441 e. The van der Waals surface area contributed by atoms with Gasteiger partial charge in [-0.15, -0.1) is 0 Å². The van der Waals surface area contributed by atoms with Crippen LogP contribution < -0.4 is 5.73 Å². The zero-order valence-electron chi connectivity index (χ0n) is 15.0. The van der Waals surface area contributed by atoms with E-state index in [0.29, 0.717) is 6.42 Å². The zero-order chi connectivity index (χ0) is 18.4. The number of benzene rings is 1. The van der Waals surface area contributed by atoms with E-state index in [4.69, 9.17) is 10.2 Å². The van der Waals surface area contributed by atoms with Crippen molar-refractivity contribution < 1.29 is 9.21 Å². The van der Waals surface area contributed by atoms with E-state index in [-0.39, 0.29) is 5.91 Å². The van der Waals surface area contributed by atoms with Gasteiger partial charge in [-0.25, -0.2) is 4.98 Å². The lowest BCUT2D eigenvalue weighted by atomic mass is 10.1. The normalized spacial score (nSPS) is 11.0. The Morgan fingerprint density at radius 3 is 2.50 bits per heavy atom. The smallest absolute Gasteiger partial charge is 0.217 e. The van der Waals surface area contributed by atoms with Gasteiger partial charge in [0.15, 0.2) is 11.7 Å². The van der Waals surface area contributed by atoms with Crippen LogP contribution in [0.25, 0.3) is 22.6 Å². The van der Waals surface area contributed by atoms with E-state index in [9.17, 15) is 4.79 Å². The fraction of sp³-hybridized carbons (Fsp3) is 0.350. The summed E-state index contributed by atoms with van der Waals surface area (Å²) < 4.78 is 7.65. The van der Waals surface area contributed by atoms with Crippen molar-refractivity contribution in [3.63, 3.8) is 0 Å². The zero-order valence-corrected chi connectivity index (χ0v) is 15.0. The van der Waals surface area contributed by atoms with Gasteiger partial charge in [0.25, 0.3) is 0 Å². The van der Waals surface area contributed by atoms with Gasteiger partial charge in [-0.3, -0.25) is 9.48 Å². The van der Waals surface area contributed by atoms with Crippen LogP contribution in [0.2, 0.25) is 0 Å². The number of aryl methyl sites for hydroxylation is 2. The van der Waals surface area contributed by atoms with Crippen molar-refractivity contribution in [2.75, 3.05) is 0 Å². The van der Waals surface area contributed by atoms with Gasteiger partial charge in [0.05, 0.1) is 11.9 Å². The quantitative estimate of drug-likeness (QED) is 0.595. The molecule has 0 saturated carbocycles. The summed E-state index contributed by atoms with van der Waals surface area (Å²) in [6, 6.07) is 10.1. The summed E-state index contributed by atoms with van der Waals surface area (Å²) in [7, 11) is 1.91. The summed E-state index contributed by atoms with van der Waals surface area (Å²) in [6.45, 7) is 0. The van der Waals surface area contributed by atoms with Gasteiger partial charge < -0.3 is 10.2 Å². The molecule has 0 unspecified atom stereocenters. The highest BCUT2D eigenvalue weighted by molar-refractivity contribution is 5.73. The molecule has 0 aliphatic rings. The Balaban J connectivity index is 1.52. The molecule has 0 aliphatic carbocycles. The van der Waals surface area contributed by atoms with Crippen LogP contribution in [0, 0.1) is 0 Å². The average Bonchev–Trinajstić information content (AvgIpc) is 3.27. The summed E-state index contributed by atoms with van der Waals surface area (Å²) >= 11 is 0. The highest BCUT2D eigenvalue weighted by atomic mass is 16.4. The molecule has 2 aromatic heterocycles. The Morgan fingerprint density at radius 2 is 1.81 bits per heavy atom. The standard InChI is InChI=1S/C20H24N4O2/c1-24-13-12-17(23-24)15-8-10-16(11-9-15)18-14-22-20(26-18)7-5-3-2-4-6-19(21)25/h8-14H,2-7H2,1H3,(H2,21,25). The second-order valence-corrected chi connectivity index (χ2v) is 6.45. The highest BCUT2D eigenvalue weighted by Crippen LogP contribution is 2.25. The van der Waals surface area contributed by atoms with Crippen molar-refractivity contribution in [1.82, 2.24) is 14.8 Å². The van der Waals surface area contributed by atoms with Gasteiger partial charge >= 0.3 is 0 Å². The maximum atomic E-state index is 10.7. The second kappa shape index (κ2) is 8.47. The van der Waals surface area contributed by atoms with Crippen LogP contribution in [-0.2, 0) is 18.3 Å². The Morgan fingerprint density at radius 1 is 1.08 bits per heavy atom. The monoisotopic (exact) mass is 352 g/mol. The number of hydrogen-bond acceptors (Lipinski definition) is 4. The van der Waals surface area contributed by atoms with E-state index in [0.717, 1.165) is 60.6 Å². The molecule has 0 radical (unpaired) electrons. The van der Waals surface area contributed by atoms with Crippen molar-refractivity contribution in [1.29, 1.82) is 0 Å². The summed E-state index contributed by atoms with van der Waals surface area (Å²) in [5, 5.41) is 4.41. The number of rotatable bonds is 9. The average molecular weight is 352 g/mol. The molecular weight excluding hydrogens is 328 g/mol. The number of nitrogens with zero attached hydrogens (tertiary/aromatic N) is 3. The SMILES string of the molecule is Cn1ccc(-c2ccc(-c3cnc(CCCCCCC(N)=O)o3)cc2)n1. The number of unbranched alkanes of at least 4 members (excludes halogenated alkanes) is 3. The van der Waals surface area contributed by atoms with Crippen LogP contribution in [0.3, 0.4) is 0 Å². The van der Waals surface area contributed by atoms with Gasteiger partial charge in [0.1, 0.15) is 0 Å². The van der Waals surface area contributed by atoms with Crippen LogP contribution in [0.4, 0.5) is 0 Å². The van der Waals surface area contributed by atoms with E-state index < -0.39 is 0 Å².